The number of β-lactam (4-membered cyclic amide) rings is 1. The van der Waals surface area contributed by atoms with Gasteiger partial charge in [0.05, 0.1) is 0 Å². The Bertz CT molecular complexity index is 151. The van der Waals surface area contributed by atoms with Gasteiger partial charge in [-0.25, -0.2) is 0 Å². The summed E-state index contributed by atoms with van der Waals surface area (Å²) in [6, 6.07) is 0. The molecule has 64 valence electrons. The lowest BCUT2D eigenvalue weighted by atomic mass is 10.3. The van der Waals surface area contributed by atoms with E-state index < -0.39 is 0 Å². The van der Waals surface area contributed by atoms with Gasteiger partial charge in [0.1, 0.15) is 5.44 Å². The zero-order chi connectivity index (χ0) is 8.27. The SMILES string of the molecule is CCOC(C)SN1CCC1=O. The van der Waals surface area contributed by atoms with Crippen LogP contribution in [-0.2, 0) is 9.53 Å². The maximum absolute atomic E-state index is 10.8. The normalized spacial score (nSPS) is 19.8. The molecule has 0 N–H and O–H groups in total. The molecule has 1 atom stereocenters. The van der Waals surface area contributed by atoms with Crippen LogP contribution in [0.15, 0.2) is 0 Å². The van der Waals surface area contributed by atoms with Gasteiger partial charge in [-0.05, 0) is 25.8 Å². The zero-order valence-corrected chi connectivity index (χ0v) is 7.69. The summed E-state index contributed by atoms with van der Waals surface area (Å²) in [4.78, 5) is 10.8. The zero-order valence-electron chi connectivity index (χ0n) is 6.87. The minimum Gasteiger partial charge on any atom is -0.366 e. The summed E-state index contributed by atoms with van der Waals surface area (Å²) >= 11 is 1.48. The second-order valence-corrected chi connectivity index (χ2v) is 3.69. The number of amides is 1. The molecule has 4 heteroatoms. The predicted molar refractivity (Wildman–Crippen MR) is 45.0 cm³/mol. The van der Waals surface area contributed by atoms with Crippen molar-refractivity contribution in [3.63, 3.8) is 0 Å². The Hall–Kier alpha value is -0.220. The van der Waals surface area contributed by atoms with Crippen LogP contribution < -0.4 is 0 Å². The third kappa shape index (κ3) is 2.38. The molecule has 0 aromatic heterocycles. The average Bonchev–Trinajstić information content (AvgIpc) is 1.98. The van der Waals surface area contributed by atoms with Crippen molar-refractivity contribution in [2.24, 2.45) is 0 Å². The van der Waals surface area contributed by atoms with Crippen molar-refractivity contribution < 1.29 is 9.53 Å². The van der Waals surface area contributed by atoms with Gasteiger partial charge in [0.2, 0.25) is 5.91 Å². The fourth-order valence-corrected chi connectivity index (χ4v) is 1.81. The van der Waals surface area contributed by atoms with E-state index in [4.69, 9.17) is 4.74 Å². The summed E-state index contributed by atoms with van der Waals surface area (Å²) < 4.78 is 7.02. The number of rotatable bonds is 4. The van der Waals surface area contributed by atoms with Gasteiger partial charge < -0.3 is 4.74 Å². The van der Waals surface area contributed by atoms with Crippen LogP contribution >= 0.6 is 11.9 Å². The van der Waals surface area contributed by atoms with Gasteiger partial charge in [-0.15, -0.1) is 0 Å². The number of hydrogen-bond acceptors (Lipinski definition) is 3. The summed E-state index contributed by atoms with van der Waals surface area (Å²) in [5.41, 5.74) is 0.101. The van der Waals surface area contributed by atoms with E-state index in [0.29, 0.717) is 13.0 Å². The molecular formula is C7H13NO2S. The molecule has 0 aromatic rings. The van der Waals surface area contributed by atoms with Crippen LogP contribution in [0.1, 0.15) is 20.3 Å². The molecule has 1 amide bonds. The number of ether oxygens (including phenoxy) is 1. The molecule has 1 rings (SSSR count). The van der Waals surface area contributed by atoms with Gasteiger partial charge in [0, 0.05) is 19.6 Å². The highest BCUT2D eigenvalue weighted by molar-refractivity contribution is 7.98. The lowest BCUT2D eigenvalue weighted by Gasteiger charge is -2.30. The maximum Gasteiger partial charge on any atom is 0.234 e. The first-order valence-electron chi connectivity index (χ1n) is 3.82. The Morgan fingerprint density at radius 3 is 2.91 bits per heavy atom. The van der Waals surface area contributed by atoms with Gasteiger partial charge in [-0.1, -0.05) is 0 Å². The van der Waals surface area contributed by atoms with Crippen LogP contribution in [0.25, 0.3) is 0 Å². The molecule has 1 heterocycles. The molecule has 0 radical (unpaired) electrons. The van der Waals surface area contributed by atoms with E-state index in [1.54, 1.807) is 4.31 Å². The van der Waals surface area contributed by atoms with Gasteiger partial charge in [-0.3, -0.25) is 9.10 Å². The van der Waals surface area contributed by atoms with E-state index in [-0.39, 0.29) is 11.3 Å². The molecule has 0 spiro atoms. The number of carbonyl (C=O) groups is 1. The number of nitrogens with zero attached hydrogens (tertiary/aromatic N) is 1. The van der Waals surface area contributed by atoms with Crippen molar-refractivity contribution in [1.82, 2.24) is 4.31 Å². The average molecular weight is 175 g/mol. The smallest absolute Gasteiger partial charge is 0.234 e. The Labute approximate surface area is 71.2 Å². The molecule has 0 aromatic carbocycles. The molecule has 1 aliphatic rings. The number of carbonyl (C=O) groups excluding carboxylic acids is 1. The van der Waals surface area contributed by atoms with Gasteiger partial charge >= 0.3 is 0 Å². The van der Waals surface area contributed by atoms with Crippen molar-refractivity contribution in [1.29, 1.82) is 0 Å². The van der Waals surface area contributed by atoms with E-state index in [1.165, 1.54) is 11.9 Å². The molecule has 3 nitrogen and oxygen atoms in total. The summed E-state index contributed by atoms with van der Waals surface area (Å²) in [6.45, 7) is 5.49. The van der Waals surface area contributed by atoms with E-state index in [2.05, 4.69) is 0 Å². The van der Waals surface area contributed by atoms with Crippen molar-refractivity contribution in [3.8, 4) is 0 Å². The molecule has 0 aliphatic carbocycles. The highest BCUT2D eigenvalue weighted by Gasteiger charge is 2.26. The van der Waals surface area contributed by atoms with E-state index in [1.807, 2.05) is 13.8 Å². The van der Waals surface area contributed by atoms with Crippen LogP contribution in [-0.4, -0.2) is 28.8 Å². The highest BCUT2D eigenvalue weighted by atomic mass is 32.2. The van der Waals surface area contributed by atoms with Crippen molar-refractivity contribution in [2.75, 3.05) is 13.2 Å². The second-order valence-electron chi connectivity index (χ2n) is 2.37. The summed E-state index contributed by atoms with van der Waals surface area (Å²) in [5.74, 6) is 0.224. The summed E-state index contributed by atoms with van der Waals surface area (Å²) in [7, 11) is 0. The van der Waals surface area contributed by atoms with Crippen molar-refractivity contribution in [3.05, 3.63) is 0 Å². The minimum atomic E-state index is 0.101. The monoisotopic (exact) mass is 175 g/mol. The molecule has 11 heavy (non-hydrogen) atoms. The minimum absolute atomic E-state index is 0.101. The lowest BCUT2D eigenvalue weighted by Crippen LogP contribution is -2.39. The van der Waals surface area contributed by atoms with Crippen molar-refractivity contribution >= 4 is 17.9 Å². The molecule has 1 unspecified atom stereocenters. The van der Waals surface area contributed by atoms with Crippen molar-refractivity contribution in [2.45, 2.75) is 25.7 Å². The fraction of sp³-hybridized carbons (Fsp3) is 0.857. The van der Waals surface area contributed by atoms with Gasteiger partial charge in [-0.2, -0.15) is 0 Å². The summed E-state index contributed by atoms with van der Waals surface area (Å²) in [6.07, 6.45) is 0.700. The molecule has 1 fully saturated rings. The Morgan fingerprint density at radius 2 is 2.55 bits per heavy atom. The van der Waals surface area contributed by atoms with Crippen LogP contribution in [0, 0.1) is 0 Å². The first-order chi connectivity index (χ1) is 5.24. The van der Waals surface area contributed by atoms with E-state index in [0.717, 1.165) is 6.54 Å². The first kappa shape index (κ1) is 8.87. The molecule has 0 saturated carbocycles. The summed E-state index contributed by atoms with van der Waals surface area (Å²) in [5, 5.41) is 0. The largest absolute Gasteiger partial charge is 0.366 e. The van der Waals surface area contributed by atoms with Crippen LogP contribution in [0.4, 0.5) is 0 Å². The second kappa shape index (κ2) is 3.97. The Kier molecular flexibility index (Phi) is 3.20. The topological polar surface area (TPSA) is 29.5 Å². The third-order valence-corrected chi connectivity index (χ3v) is 2.56. The van der Waals surface area contributed by atoms with Crippen LogP contribution in [0.5, 0.6) is 0 Å². The quantitative estimate of drug-likeness (QED) is 0.366. The standard InChI is InChI=1S/C7H13NO2S/c1-3-10-6(2)11-8-5-4-7(8)9/h6H,3-5H2,1-2H3. The van der Waals surface area contributed by atoms with E-state index in [9.17, 15) is 4.79 Å². The Balaban J connectivity index is 2.14. The number of hydrogen-bond donors (Lipinski definition) is 0. The fourth-order valence-electron chi connectivity index (χ4n) is 0.850. The first-order valence-corrected chi connectivity index (χ1v) is 4.66. The highest BCUT2D eigenvalue weighted by Crippen LogP contribution is 2.24. The lowest BCUT2D eigenvalue weighted by molar-refractivity contribution is -0.132. The molecule has 1 saturated heterocycles. The Morgan fingerprint density at radius 1 is 1.82 bits per heavy atom. The molecule has 0 bridgehead atoms. The van der Waals surface area contributed by atoms with Crippen LogP contribution in [0.3, 0.4) is 0 Å². The third-order valence-electron chi connectivity index (χ3n) is 1.48. The molecular weight excluding hydrogens is 162 g/mol. The van der Waals surface area contributed by atoms with Gasteiger partial charge in [0.15, 0.2) is 0 Å². The van der Waals surface area contributed by atoms with Crippen LogP contribution in [0.2, 0.25) is 0 Å². The molecule has 1 aliphatic heterocycles. The predicted octanol–water partition coefficient (Wildman–Crippen LogP) is 1.25. The van der Waals surface area contributed by atoms with E-state index >= 15 is 0 Å². The van der Waals surface area contributed by atoms with Gasteiger partial charge in [0.25, 0.3) is 0 Å². The maximum atomic E-state index is 10.8.